The van der Waals surface area contributed by atoms with Crippen molar-refractivity contribution >= 4 is 17.5 Å². The molecule has 0 saturated carbocycles. The third-order valence-corrected chi connectivity index (χ3v) is 5.21. The number of nitrogens with one attached hydrogen (secondary N) is 1. The van der Waals surface area contributed by atoms with Crippen molar-refractivity contribution in [3.8, 4) is 11.5 Å². The number of carbonyl (C=O) groups is 2. The lowest BCUT2D eigenvalue weighted by Crippen LogP contribution is -3.17. The van der Waals surface area contributed by atoms with Crippen molar-refractivity contribution in [2.24, 2.45) is 0 Å². The van der Waals surface area contributed by atoms with Crippen LogP contribution in [-0.4, -0.2) is 30.9 Å². The van der Waals surface area contributed by atoms with Gasteiger partial charge in [0.05, 0.1) is 25.2 Å². The van der Waals surface area contributed by atoms with Crippen molar-refractivity contribution in [2.75, 3.05) is 18.0 Å². The van der Waals surface area contributed by atoms with Gasteiger partial charge in [0.15, 0.2) is 6.04 Å². The van der Waals surface area contributed by atoms with E-state index in [4.69, 9.17) is 4.74 Å². The van der Waals surface area contributed by atoms with Gasteiger partial charge in [-0.3, -0.25) is 9.59 Å². The molecule has 1 atom stereocenters. The molecule has 1 N–H and O–H groups in total. The van der Waals surface area contributed by atoms with E-state index in [1.165, 1.54) is 16.2 Å². The number of hydrogen-bond acceptors (Lipinski definition) is 3. The molecule has 2 saturated heterocycles. The first-order valence-electron chi connectivity index (χ1n) is 9.27. The van der Waals surface area contributed by atoms with Gasteiger partial charge in [-0.2, -0.15) is 0 Å². The van der Waals surface area contributed by atoms with Crippen LogP contribution in [0.25, 0.3) is 0 Å². The van der Waals surface area contributed by atoms with Crippen molar-refractivity contribution in [2.45, 2.75) is 31.7 Å². The van der Waals surface area contributed by atoms with Crippen LogP contribution in [-0.2, 0) is 9.59 Å². The number of benzene rings is 2. The number of imide groups is 1. The van der Waals surface area contributed by atoms with E-state index in [-0.39, 0.29) is 17.9 Å². The maximum Gasteiger partial charge on any atom is 0.292 e. The highest BCUT2D eigenvalue weighted by Gasteiger charge is 2.45. The lowest BCUT2D eigenvalue weighted by atomic mass is 10.1. The van der Waals surface area contributed by atoms with E-state index in [2.05, 4.69) is 0 Å². The molecule has 2 heterocycles. The Morgan fingerprint density at radius 2 is 1.50 bits per heavy atom. The van der Waals surface area contributed by atoms with Gasteiger partial charge in [-0.15, -0.1) is 0 Å². The first-order valence-corrected chi connectivity index (χ1v) is 9.27. The van der Waals surface area contributed by atoms with E-state index < -0.39 is 0 Å². The highest BCUT2D eigenvalue weighted by atomic mass is 16.5. The lowest BCUT2D eigenvalue weighted by molar-refractivity contribution is -0.919. The first-order chi connectivity index (χ1) is 12.7. The summed E-state index contributed by atoms with van der Waals surface area (Å²) in [5.74, 6) is 1.26. The molecule has 0 bridgehead atoms. The maximum atomic E-state index is 12.8. The summed E-state index contributed by atoms with van der Waals surface area (Å²) in [5.41, 5.74) is 0.624. The summed E-state index contributed by atoms with van der Waals surface area (Å²) in [7, 11) is 0. The maximum absolute atomic E-state index is 12.8. The van der Waals surface area contributed by atoms with E-state index in [0.29, 0.717) is 17.9 Å². The summed E-state index contributed by atoms with van der Waals surface area (Å²) in [6, 6.07) is 16.4. The van der Waals surface area contributed by atoms with Gasteiger partial charge < -0.3 is 9.64 Å². The quantitative estimate of drug-likeness (QED) is 0.859. The Morgan fingerprint density at radius 3 is 2.19 bits per heavy atom. The third-order valence-electron chi connectivity index (χ3n) is 5.21. The molecule has 0 aromatic heterocycles. The monoisotopic (exact) mass is 351 g/mol. The fourth-order valence-electron chi connectivity index (χ4n) is 3.86. The Labute approximate surface area is 153 Å². The van der Waals surface area contributed by atoms with Gasteiger partial charge in [-0.25, -0.2) is 4.90 Å². The van der Waals surface area contributed by atoms with Gasteiger partial charge >= 0.3 is 0 Å². The summed E-state index contributed by atoms with van der Waals surface area (Å²) in [4.78, 5) is 27.9. The predicted octanol–water partition coefficient (Wildman–Crippen LogP) is 2.18. The Kier molecular flexibility index (Phi) is 4.71. The molecule has 2 aliphatic rings. The Balaban J connectivity index is 1.48. The van der Waals surface area contributed by atoms with Gasteiger partial charge in [0.25, 0.3) is 5.91 Å². The Hall–Kier alpha value is -2.66. The molecule has 2 aliphatic heterocycles. The second-order valence-electron chi connectivity index (χ2n) is 6.95. The molecule has 2 aromatic carbocycles. The van der Waals surface area contributed by atoms with Crippen LogP contribution in [0.1, 0.15) is 25.7 Å². The molecule has 2 amide bonds. The van der Waals surface area contributed by atoms with Crippen LogP contribution in [0.4, 0.5) is 5.69 Å². The molecular formula is C21H23N2O3+. The van der Waals surface area contributed by atoms with Crippen LogP contribution in [0.15, 0.2) is 54.6 Å². The Morgan fingerprint density at radius 1 is 0.846 bits per heavy atom. The number of likely N-dealkylation sites (tertiary alicyclic amines) is 1. The molecule has 0 spiro atoms. The molecule has 0 radical (unpaired) electrons. The first kappa shape index (κ1) is 16.8. The molecule has 4 rings (SSSR count). The molecule has 26 heavy (non-hydrogen) atoms. The van der Waals surface area contributed by atoms with Crippen molar-refractivity contribution in [3.05, 3.63) is 54.6 Å². The average molecular weight is 351 g/mol. The number of carbonyl (C=O) groups excluding carboxylic acids is 2. The van der Waals surface area contributed by atoms with Crippen molar-refractivity contribution < 1.29 is 19.2 Å². The lowest BCUT2D eigenvalue weighted by Gasteiger charge is -2.27. The number of amides is 2. The van der Waals surface area contributed by atoms with Crippen LogP contribution >= 0.6 is 0 Å². The summed E-state index contributed by atoms with van der Waals surface area (Å²) < 4.78 is 5.77. The van der Waals surface area contributed by atoms with Crippen LogP contribution in [0.5, 0.6) is 11.5 Å². The molecule has 2 aromatic rings. The van der Waals surface area contributed by atoms with Crippen LogP contribution in [0.2, 0.25) is 0 Å². The largest absolute Gasteiger partial charge is 0.457 e. The molecule has 134 valence electrons. The SMILES string of the molecule is O=C1C[C@@H]([NH+]2CCCCC2)C(=O)N1c1ccc(Oc2ccccc2)cc1. The van der Waals surface area contributed by atoms with Gasteiger partial charge in [-0.1, -0.05) is 18.2 Å². The van der Waals surface area contributed by atoms with E-state index in [1.54, 1.807) is 24.3 Å². The number of hydrogen-bond donors (Lipinski definition) is 1. The smallest absolute Gasteiger partial charge is 0.292 e. The molecule has 0 aliphatic carbocycles. The van der Waals surface area contributed by atoms with Gasteiger partial charge in [0, 0.05) is 0 Å². The standard InChI is InChI=1S/C21H22N2O3/c24-20-15-19(22-13-5-2-6-14-22)21(25)23(20)16-9-11-18(12-10-16)26-17-7-3-1-4-8-17/h1,3-4,7-12,19H,2,5-6,13-15H2/p+1/t19-/m1/s1. The minimum absolute atomic E-state index is 0.0661. The van der Waals surface area contributed by atoms with Crippen LogP contribution in [0, 0.1) is 0 Å². The molecule has 0 unspecified atom stereocenters. The fourth-order valence-corrected chi connectivity index (χ4v) is 3.86. The minimum Gasteiger partial charge on any atom is -0.457 e. The second-order valence-corrected chi connectivity index (χ2v) is 6.95. The topological polar surface area (TPSA) is 51.0 Å². The normalized spacial score (nSPS) is 21.2. The van der Waals surface area contributed by atoms with E-state index in [0.717, 1.165) is 31.7 Å². The van der Waals surface area contributed by atoms with E-state index in [9.17, 15) is 9.59 Å². The zero-order valence-electron chi connectivity index (χ0n) is 14.7. The zero-order valence-corrected chi connectivity index (χ0v) is 14.7. The average Bonchev–Trinajstić information content (AvgIpc) is 2.98. The third kappa shape index (κ3) is 3.35. The van der Waals surface area contributed by atoms with Crippen molar-refractivity contribution in [1.29, 1.82) is 0 Å². The summed E-state index contributed by atoms with van der Waals surface area (Å²) in [5, 5.41) is 0. The number of rotatable bonds is 4. The van der Waals surface area contributed by atoms with Crippen molar-refractivity contribution in [1.82, 2.24) is 0 Å². The Bertz CT molecular complexity index is 783. The summed E-state index contributed by atoms with van der Waals surface area (Å²) in [6.45, 7) is 1.97. The van der Waals surface area contributed by atoms with Crippen LogP contribution in [0.3, 0.4) is 0 Å². The highest BCUT2D eigenvalue weighted by Crippen LogP contribution is 2.27. The number of piperidine rings is 1. The highest BCUT2D eigenvalue weighted by molar-refractivity contribution is 6.21. The number of anilines is 1. The van der Waals surface area contributed by atoms with Gasteiger partial charge in [0.2, 0.25) is 5.91 Å². The molecule has 5 nitrogen and oxygen atoms in total. The predicted molar refractivity (Wildman–Crippen MR) is 98.4 cm³/mol. The molecular weight excluding hydrogens is 328 g/mol. The van der Waals surface area contributed by atoms with Gasteiger partial charge in [-0.05, 0) is 55.7 Å². The summed E-state index contributed by atoms with van der Waals surface area (Å²) in [6.07, 6.45) is 3.82. The van der Waals surface area contributed by atoms with Crippen LogP contribution < -0.4 is 14.5 Å². The van der Waals surface area contributed by atoms with Gasteiger partial charge in [0.1, 0.15) is 11.5 Å². The fraction of sp³-hybridized carbons (Fsp3) is 0.333. The minimum atomic E-state index is -0.219. The molecule has 2 fully saturated rings. The zero-order chi connectivity index (χ0) is 17.9. The second kappa shape index (κ2) is 7.30. The van der Waals surface area contributed by atoms with E-state index >= 15 is 0 Å². The number of para-hydroxylation sites is 1. The van der Waals surface area contributed by atoms with E-state index in [1.807, 2.05) is 30.3 Å². The number of ether oxygens (including phenoxy) is 1. The number of nitrogens with zero attached hydrogens (tertiary/aromatic N) is 1. The molecule has 5 heteroatoms. The van der Waals surface area contributed by atoms with Crippen molar-refractivity contribution in [3.63, 3.8) is 0 Å². The number of quaternary nitrogens is 1. The summed E-state index contributed by atoms with van der Waals surface area (Å²) >= 11 is 0.